The molecule has 0 radical (unpaired) electrons. The van der Waals surface area contributed by atoms with Crippen LogP contribution >= 0.6 is 12.2 Å². The summed E-state index contributed by atoms with van der Waals surface area (Å²) >= 11 is 5.34. The lowest BCUT2D eigenvalue weighted by atomic mass is 10.1. The highest BCUT2D eigenvalue weighted by atomic mass is 32.1. The van der Waals surface area contributed by atoms with Gasteiger partial charge in [-0.1, -0.05) is 42.0 Å². The molecular weight excluding hydrogens is 408 g/mol. The second-order valence-electron chi connectivity index (χ2n) is 7.77. The number of nitrogens with one attached hydrogen (secondary N) is 2. The Bertz CT molecular complexity index is 1300. The summed E-state index contributed by atoms with van der Waals surface area (Å²) in [7, 11) is 0. The summed E-state index contributed by atoms with van der Waals surface area (Å²) < 4.78 is 4.35. The molecule has 0 saturated heterocycles. The van der Waals surface area contributed by atoms with Gasteiger partial charge in [0.05, 0.1) is 17.8 Å². The highest BCUT2D eigenvalue weighted by Gasteiger charge is 2.27. The molecule has 8 heteroatoms. The Morgan fingerprint density at radius 1 is 1.19 bits per heavy atom. The van der Waals surface area contributed by atoms with Crippen LogP contribution in [-0.2, 0) is 6.54 Å². The topological polar surface area (TPSA) is 80.5 Å². The van der Waals surface area contributed by atoms with Gasteiger partial charge in [0, 0.05) is 17.8 Å². The van der Waals surface area contributed by atoms with Gasteiger partial charge in [-0.2, -0.15) is 10.2 Å². The van der Waals surface area contributed by atoms with Gasteiger partial charge in [0.15, 0.2) is 10.6 Å². The van der Waals surface area contributed by atoms with E-state index in [1.807, 2.05) is 66.1 Å². The Morgan fingerprint density at radius 2 is 2.00 bits per heavy atom. The number of aryl methyl sites for hydroxylation is 1. The first-order chi connectivity index (χ1) is 15.1. The lowest BCUT2D eigenvalue weighted by Crippen LogP contribution is -2.25. The normalized spacial score (nSPS) is 13.3. The quantitative estimate of drug-likeness (QED) is 0.445. The lowest BCUT2D eigenvalue weighted by Gasteiger charge is -2.07. The first-order valence-corrected chi connectivity index (χ1v) is 10.7. The van der Waals surface area contributed by atoms with Gasteiger partial charge in [0.2, 0.25) is 0 Å². The van der Waals surface area contributed by atoms with Crippen molar-refractivity contribution in [3.8, 4) is 16.9 Å². The third-order valence-corrected chi connectivity index (χ3v) is 5.66. The molecule has 0 bridgehead atoms. The minimum atomic E-state index is -0.199. The molecule has 31 heavy (non-hydrogen) atoms. The number of amides is 1. The summed E-state index contributed by atoms with van der Waals surface area (Å²) in [6, 6.07) is 18.2. The fraction of sp³-hybridized carbons (Fsp3) is 0.217. The summed E-state index contributed by atoms with van der Waals surface area (Å²) in [4.78, 5) is 13.2. The number of H-pyrrole nitrogens is 1. The Balaban J connectivity index is 1.47. The predicted molar refractivity (Wildman–Crippen MR) is 121 cm³/mol. The second-order valence-corrected chi connectivity index (χ2v) is 8.16. The van der Waals surface area contributed by atoms with E-state index >= 15 is 0 Å². The SMILES string of the molecule is Cc1cccc(-c2nn(-c3ccccc3)cc2C(=O)NCc2n[nH]c(=S)n2C2CC2)c1. The van der Waals surface area contributed by atoms with E-state index in [1.54, 1.807) is 10.9 Å². The van der Waals surface area contributed by atoms with E-state index in [-0.39, 0.29) is 5.91 Å². The standard InChI is InChI=1S/C23H22N6OS/c1-15-6-5-7-16(12-15)21-19(14-28(27-21)17-8-3-2-4-9-17)22(30)24-13-20-25-26-23(31)29(20)18-10-11-18/h2-9,12,14,18H,10-11,13H2,1H3,(H,24,30)(H,26,31). The second kappa shape index (κ2) is 7.96. The van der Waals surface area contributed by atoms with Gasteiger partial charge in [-0.3, -0.25) is 14.5 Å². The summed E-state index contributed by atoms with van der Waals surface area (Å²) in [6.45, 7) is 2.32. The van der Waals surface area contributed by atoms with Crippen LogP contribution in [-0.4, -0.2) is 30.5 Å². The van der Waals surface area contributed by atoms with E-state index in [4.69, 9.17) is 17.3 Å². The predicted octanol–water partition coefficient (Wildman–Crippen LogP) is 4.37. The van der Waals surface area contributed by atoms with Crippen LogP contribution in [0.2, 0.25) is 0 Å². The number of benzene rings is 2. The van der Waals surface area contributed by atoms with Gasteiger partial charge in [-0.05, 0) is 50.2 Å². The number of aromatic amines is 1. The molecule has 0 unspecified atom stereocenters. The summed E-state index contributed by atoms with van der Waals surface area (Å²) in [5.74, 6) is 0.545. The number of para-hydroxylation sites is 1. The van der Waals surface area contributed by atoms with E-state index in [0.717, 1.165) is 35.5 Å². The molecule has 1 saturated carbocycles. The maximum Gasteiger partial charge on any atom is 0.255 e. The van der Waals surface area contributed by atoms with Crippen LogP contribution in [0.25, 0.3) is 16.9 Å². The van der Waals surface area contributed by atoms with Crippen molar-refractivity contribution in [2.75, 3.05) is 0 Å². The Hall–Kier alpha value is -3.52. The zero-order valence-corrected chi connectivity index (χ0v) is 17.9. The average molecular weight is 431 g/mol. The Kier molecular flexibility index (Phi) is 4.99. The van der Waals surface area contributed by atoms with E-state index < -0.39 is 0 Å². The summed E-state index contributed by atoms with van der Waals surface area (Å²) in [5, 5.41) is 14.9. The van der Waals surface area contributed by atoms with Crippen LogP contribution in [0.4, 0.5) is 0 Å². The smallest absolute Gasteiger partial charge is 0.255 e. The van der Waals surface area contributed by atoms with Crippen LogP contribution in [0.1, 0.15) is 40.6 Å². The summed E-state index contributed by atoms with van der Waals surface area (Å²) in [6.07, 6.45) is 3.96. The van der Waals surface area contributed by atoms with Gasteiger partial charge in [0.25, 0.3) is 5.91 Å². The lowest BCUT2D eigenvalue weighted by molar-refractivity contribution is 0.0950. The van der Waals surface area contributed by atoms with Crippen molar-refractivity contribution in [1.29, 1.82) is 0 Å². The number of aromatic nitrogens is 5. The first-order valence-electron chi connectivity index (χ1n) is 10.3. The molecule has 0 aliphatic heterocycles. The fourth-order valence-electron chi connectivity index (χ4n) is 3.68. The van der Waals surface area contributed by atoms with Crippen molar-refractivity contribution in [1.82, 2.24) is 29.9 Å². The number of carbonyl (C=O) groups excluding carboxylic acids is 1. The maximum atomic E-state index is 13.2. The molecule has 2 heterocycles. The van der Waals surface area contributed by atoms with Gasteiger partial charge >= 0.3 is 0 Å². The molecular formula is C23H22N6OS. The van der Waals surface area contributed by atoms with Crippen molar-refractivity contribution in [3.05, 3.63) is 82.5 Å². The van der Waals surface area contributed by atoms with Crippen LogP contribution in [0.3, 0.4) is 0 Å². The molecule has 0 spiro atoms. The molecule has 1 fully saturated rings. The molecule has 5 rings (SSSR count). The third-order valence-electron chi connectivity index (χ3n) is 5.37. The number of hydrogen-bond donors (Lipinski definition) is 2. The number of hydrogen-bond acceptors (Lipinski definition) is 4. The maximum absolute atomic E-state index is 13.2. The third kappa shape index (κ3) is 3.94. The van der Waals surface area contributed by atoms with E-state index in [0.29, 0.717) is 28.6 Å². The van der Waals surface area contributed by atoms with Crippen LogP contribution in [0, 0.1) is 11.7 Å². The van der Waals surface area contributed by atoms with Crippen LogP contribution < -0.4 is 5.32 Å². The Labute approximate surface area is 184 Å². The molecule has 1 amide bonds. The first kappa shape index (κ1) is 19.4. The van der Waals surface area contributed by atoms with E-state index in [9.17, 15) is 4.79 Å². The largest absolute Gasteiger partial charge is 0.345 e. The molecule has 2 N–H and O–H groups in total. The number of carbonyl (C=O) groups is 1. The zero-order chi connectivity index (χ0) is 21.4. The van der Waals surface area contributed by atoms with Crippen LogP contribution in [0.5, 0.6) is 0 Å². The average Bonchev–Trinajstić information content (AvgIpc) is 3.40. The van der Waals surface area contributed by atoms with Gasteiger partial charge in [-0.25, -0.2) is 4.68 Å². The molecule has 4 aromatic rings. The molecule has 1 aliphatic carbocycles. The number of nitrogens with zero attached hydrogens (tertiary/aromatic N) is 4. The molecule has 2 aromatic carbocycles. The molecule has 0 atom stereocenters. The fourth-order valence-corrected chi connectivity index (χ4v) is 3.98. The van der Waals surface area contributed by atoms with E-state index in [2.05, 4.69) is 15.5 Å². The van der Waals surface area contributed by atoms with Gasteiger partial charge < -0.3 is 5.32 Å². The van der Waals surface area contributed by atoms with Gasteiger partial charge in [0.1, 0.15) is 5.69 Å². The highest BCUT2D eigenvalue weighted by molar-refractivity contribution is 7.71. The van der Waals surface area contributed by atoms with Crippen molar-refractivity contribution in [2.45, 2.75) is 32.4 Å². The molecule has 156 valence electrons. The van der Waals surface area contributed by atoms with Crippen molar-refractivity contribution in [2.24, 2.45) is 0 Å². The highest BCUT2D eigenvalue weighted by Crippen LogP contribution is 2.35. The van der Waals surface area contributed by atoms with E-state index in [1.165, 1.54) is 0 Å². The molecule has 1 aliphatic rings. The molecule has 2 aromatic heterocycles. The summed E-state index contributed by atoms with van der Waals surface area (Å²) in [5.41, 5.74) is 4.07. The zero-order valence-electron chi connectivity index (χ0n) is 17.1. The van der Waals surface area contributed by atoms with Crippen molar-refractivity contribution >= 4 is 18.1 Å². The minimum Gasteiger partial charge on any atom is -0.345 e. The Morgan fingerprint density at radius 3 is 2.74 bits per heavy atom. The molecule has 7 nitrogen and oxygen atoms in total. The van der Waals surface area contributed by atoms with Gasteiger partial charge in [-0.15, -0.1) is 0 Å². The minimum absolute atomic E-state index is 0.199. The van der Waals surface area contributed by atoms with Crippen molar-refractivity contribution in [3.63, 3.8) is 0 Å². The van der Waals surface area contributed by atoms with Crippen LogP contribution in [0.15, 0.2) is 60.8 Å². The van der Waals surface area contributed by atoms with Crippen molar-refractivity contribution < 1.29 is 4.79 Å². The number of rotatable bonds is 6. The monoisotopic (exact) mass is 430 g/mol.